The molecule has 4 aromatic rings. The lowest BCUT2D eigenvalue weighted by Gasteiger charge is -2.14. The topological polar surface area (TPSA) is 81.1 Å². The van der Waals surface area contributed by atoms with Gasteiger partial charge in [-0.2, -0.15) is 5.10 Å². The summed E-state index contributed by atoms with van der Waals surface area (Å²) in [4.78, 5) is 16.9. The van der Waals surface area contributed by atoms with Gasteiger partial charge < -0.3 is 15.4 Å². The first-order chi connectivity index (χ1) is 16.8. The van der Waals surface area contributed by atoms with E-state index in [9.17, 15) is 4.79 Å². The minimum absolute atomic E-state index is 0.269. The molecule has 0 spiro atoms. The molecular formula is C25H22BrCl2N5O2. The third-order valence-electron chi connectivity index (χ3n) is 5.08. The molecule has 0 aliphatic heterocycles. The molecule has 180 valence electrons. The quantitative estimate of drug-likeness (QED) is 0.256. The van der Waals surface area contributed by atoms with E-state index < -0.39 is 0 Å². The number of ether oxygens (including phenoxy) is 1. The number of urea groups is 1. The summed E-state index contributed by atoms with van der Waals surface area (Å²) in [6, 6.07) is 16.1. The third kappa shape index (κ3) is 6.54. The summed E-state index contributed by atoms with van der Waals surface area (Å²) in [5.41, 5.74) is 3.61. The van der Waals surface area contributed by atoms with Crippen molar-refractivity contribution in [1.82, 2.24) is 25.4 Å². The van der Waals surface area contributed by atoms with Crippen LogP contribution in [0, 0.1) is 13.8 Å². The van der Waals surface area contributed by atoms with Crippen LogP contribution in [0.25, 0.3) is 5.82 Å². The molecule has 2 aromatic heterocycles. The average molecular weight is 575 g/mol. The maximum absolute atomic E-state index is 12.4. The lowest BCUT2D eigenvalue weighted by molar-refractivity contribution is 0.240. The highest BCUT2D eigenvalue weighted by Gasteiger charge is 2.10. The van der Waals surface area contributed by atoms with Gasteiger partial charge in [0.2, 0.25) is 0 Å². The average Bonchev–Trinajstić information content (AvgIpc) is 3.17. The fourth-order valence-electron chi connectivity index (χ4n) is 3.36. The molecule has 2 heterocycles. The largest absolute Gasteiger partial charge is 0.457 e. The van der Waals surface area contributed by atoms with Gasteiger partial charge in [0.05, 0.1) is 15.7 Å². The van der Waals surface area contributed by atoms with Crippen molar-refractivity contribution in [2.24, 2.45) is 0 Å². The number of nitrogens with one attached hydrogen (secondary N) is 2. The van der Waals surface area contributed by atoms with Crippen molar-refractivity contribution in [3.8, 4) is 17.3 Å². The Morgan fingerprint density at radius 1 is 1.00 bits per heavy atom. The number of aryl methyl sites for hydroxylation is 2. The number of nitrogens with zero attached hydrogens (tertiary/aromatic N) is 3. The summed E-state index contributed by atoms with van der Waals surface area (Å²) in [5.74, 6) is 1.86. The molecule has 0 saturated heterocycles. The van der Waals surface area contributed by atoms with Gasteiger partial charge in [0, 0.05) is 41.1 Å². The molecule has 2 amide bonds. The maximum atomic E-state index is 12.4. The Balaban J connectivity index is 1.34. The fraction of sp³-hybridized carbons (Fsp3) is 0.160. The molecule has 2 N–H and O–H groups in total. The summed E-state index contributed by atoms with van der Waals surface area (Å²) in [6.07, 6.45) is 1.73. The lowest BCUT2D eigenvalue weighted by Crippen LogP contribution is -2.34. The zero-order valence-corrected chi connectivity index (χ0v) is 22.1. The molecule has 0 bridgehead atoms. The smallest absolute Gasteiger partial charge is 0.315 e. The van der Waals surface area contributed by atoms with Crippen molar-refractivity contribution in [1.29, 1.82) is 0 Å². The molecule has 4 rings (SSSR count). The molecular weight excluding hydrogens is 553 g/mol. The van der Waals surface area contributed by atoms with Crippen LogP contribution in [0.5, 0.6) is 11.5 Å². The van der Waals surface area contributed by atoms with Gasteiger partial charge in [-0.25, -0.2) is 14.5 Å². The van der Waals surface area contributed by atoms with Gasteiger partial charge in [-0.15, -0.1) is 0 Å². The second kappa shape index (κ2) is 11.1. The molecule has 2 aromatic carbocycles. The maximum Gasteiger partial charge on any atom is 0.315 e. The summed E-state index contributed by atoms with van der Waals surface area (Å²) in [5, 5.41) is 11.0. The molecule has 0 radical (unpaired) electrons. The number of hydrogen-bond donors (Lipinski definition) is 2. The summed E-state index contributed by atoms with van der Waals surface area (Å²) in [7, 11) is 0. The van der Waals surface area contributed by atoms with Crippen molar-refractivity contribution >= 4 is 45.2 Å². The van der Waals surface area contributed by atoms with Crippen LogP contribution in [-0.4, -0.2) is 20.8 Å². The van der Waals surface area contributed by atoms with Crippen molar-refractivity contribution in [2.75, 3.05) is 0 Å². The van der Waals surface area contributed by atoms with E-state index in [1.165, 1.54) is 0 Å². The molecule has 35 heavy (non-hydrogen) atoms. The predicted molar refractivity (Wildman–Crippen MR) is 141 cm³/mol. The number of carbonyl (C=O) groups is 1. The van der Waals surface area contributed by atoms with Crippen LogP contribution in [0.3, 0.4) is 0 Å². The summed E-state index contributed by atoms with van der Waals surface area (Å²) in [6.45, 7) is 4.53. The SMILES string of the molecule is Cc1cc(C)n(-c2ccc(CNC(=O)NCc3ccc(Br)cc3Oc3ccc(Cl)c(Cl)c3)cn2)n1. The van der Waals surface area contributed by atoms with Crippen LogP contribution in [0.2, 0.25) is 10.0 Å². The summed E-state index contributed by atoms with van der Waals surface area (Å²) < 4.78 is 8.62. The number of hydrogen-bond acceptors (Lipinski definition) is 4. The van der Waals surface area contributed by atoms with E-state index >= 15 is 0 Å². The molecule has 0 unspecified atom stereocenters. The molecule has 0 fully saturated rings. The van der Waals surface area contributed by atoms with Crippen LogP contribution in [0.15, 0.2) is 65.3 Å². The number of pyridine rings is 1. The Morgan fingerprint density at radius 2 is 1.80 bits per heavy atom. The van der Waals surface area contributed by atoms with Crippen molar-refractivity contribution in [3.05, 3.63) is 97.8 Å². The lowest BCUT2D eigenvalue weighted by atomic mass is 10.2. The molecule has 0 aliphatic rings. The van der Waals surface area contributed by atoms with E-state index in [-0.39, 0.29) is 12.6 Å². The molecule has 0 aliphatic carbocycles. The van der Waals surface area contributed by atoms with Gasteiger partial charge in [-0.3, -0.25) is 0 Å². The first-order valence-electron chi connectivity index (χ1n) is 10.7. The third-order valence-corrected chi connectivity index (χ3v) is 6.31. The zero-order valence-electron chi connectivity index (χ0n) is 19.0. The van der Waals surface area contributed by atoms with Gasteiger partial charge in [-0.1, -0.05) is 51.3 Å². The van der Waals surface area contributed by atoms with Gasteiger partial charge in [0.25, 0.3) is 0 Å². The van der Waals surface area contributed by atoms with E-state index in [2.05, 4.69) is 36.6 Å². The number of aromatic nitrogens is 3. The Labute approximate surface area is 221 Å². The van der Waals surface area contributed by atoms with Crippen LogP contribution >= 0.6 is 39.1 Å². The van der Waals surface area contributed by atoms with Crippen molar-refractivity contribution < 1.29 is 9.53 Å². The molecule has 10 heteroatoms. The molecule has 7 nitrogen and oxygen atoms in total. The van der Waals surface area contributed by atoms with E-state index in [1.54, 1.807) is 29.1 Å². The predicted octanol–water partition coefficient (Wildman–Crippen LogP) is 6.75. The van der Waals surface area contributed by atoms with E-state index in [0.29, 0.717) is 28.1 Å². The van der Waals surface area contributed by atoms with Crippen molar-refractivity contribution in [3.63, 3.8) is 0 Å². The number of halogens is 3. The normalized spacial score (nSPS) is 10.8. The second-order valence-electron chi connectivity index (χ2n) is 7.83. The van der Waals surface area contributed by atoms with Gasteiger partial charge >= 0.3 is 6.03 Å². The number of carbonyl (C=O) groups excluding carboxylic acids is 1. The zero-order chi connectivity index (χ0) is 24.9. The first kappa shape index (κ1) is 25.0. The van der Waals surface area contributed by atoms with Gasteiger partial charge in [0.1, 0.15) is 11.5 Å². The van der Waals surface area contributed by atoms with E-state index in [0.717, 1.165) is 32.8 Å². The monoisotopic (exact) mass is 573 g/mol. The Kier molecular flexibility index (Phi) is 7.95. The van der Waals surface area contributed by atoms with Crippen LogP contribution in [0.1, 0.15) is 22.5 Å². The Hall–Kier alpha value is -3.07. The Bertz CT molecular complexity index is 1360. The minimum Gasteiger partial charge on any atom is -0.457 e. The second-order valence-corrected chi connectivity index (χ2v) is 9.56. The van der Waals surface area contributed by atoms with Crippen LogP contribution in [0.4, 0.5) is 4.79 Å². The van der Waals surface area contributed by atoms with E-state index in [4.69, 9.17) is 27.9 Å². The first-order valence-corrected chi connectivity index (χ1v) is 12.2. The highest BCUT2D eigenvalue weighted by atomic mass is 79.9. The number of rotatable bonds is 7. The number of amides is 2. The highest BCUT2D eigenvalue weighted by molar-refractivity contribution is 9.10. The number of benzene rings is 2. The minimum atomic E-state index is -0.309. The van der Waals surface area contributed by atoms with Crippen LogP contribution < -0.4 is 15.4 Å². The Morgan fingerprint density at radius 3 is 2.49 bits per heavy atom. The van der Waals surface area contributed by atoms with Gasteiger partial charge in [-0.05, 0) is 55.8 Å². The highest BCUT2D eigenvalue weighted by Crippen LogP contribution is 2.32. The van der Waals surface area contributed by atoms with Gasteiger partial charge in [0.15, 0.2) is 5.82 Å². The van der Waals surface area contributed by atoms with Crippen molar-refractivity contribution in [2.45, 2.75) is 26.9 Å². The standard InChI is InChI=1S/C25H22BrCl2N5O2/c1-15-9-16(2)33(32-15)24-8-3-17(12-29-24)13-30-25(34)31-14-18-4-5-19(26)10-23(18)35-20-6-7-21(27)22(28)11-20/h3-12H,13-14H2,1-2H3,(H2,30,31,34). The summed E-state index contributed by atoms with van der Waals surface area (Å²) >= 11 is 15.5. The molecule has 0 saturated carbocycles. The molecule has 0 atom stereocenters. The fourth-order valence-corrected chi connectivity index (χ4v) is 3.99. The van der Waals surface area contributed by atoms with E-state index in [1.807, 2.05) is 50.2 Å². The van der Waals surface area contributed by atoms with Crippen LogP contribution in [-0.2, 0) is 13.1 Å².